The summed E-state index contributed by atoms with van der Waals surface area (Å²) in [4.78, 5) is 12.0. The minimum atomic E-state index is -0.442. The van der Waals surface area contributed by atoms with Crippen LogP contribution >= 0.6 is 0 Å². The SMILES string of the molecule is Nc1cccc(NC(=O)OC2CCCc3ccccc32)c1. The second kappa shape index (κ2) is 5.87. The summed E-state index contributed by atoms with van der Waals surface area (Å²) in [6.07, 6.45) is 2.33. The molecule has 0 saturated carbocycles. The highest BCUT2D eigenvalue weighted by Crippen LogP contribution is 2.32. The molecule has 1 amide bonds. The van der Waals surface area contributed by atoms with E-state index in [1.807, 2.05) is 18.2 Å². The maximum absolute atomic E-state index is 12.0. The number of carbonyl (C=O) groups is 1. The Morgan fingerprint density at radius 2 is 2.05 bits per heavy atom. The standard InChI is InChI=1S/C17H18N2O2/c18-13-7-4-8-14(11-13)19-17(20)21-16-10-3-6-12-5-1-2-9-15(12)16/h1-2,4-5,7-9,11,16H,3,6,10,18H2,(H,19,20). The lowest BCUT2D eigenvalue weighted by atomic mass is 9.89. The largest absolute Gasteiger partial charge is 0.441 e. The Hall–Kier alpha value is -2.49. The van der Waals surface area contributed by atoms with E-state index in [1.165, 1.54) is 5.56 Å². The zero-order valence-corrected chi connectivity index (χ0v) is 11.7. The fraction of sp³-hybridized carbons (Fsp3) is 0.235. The van der Waals surface area contributed by atoms with Crippen molar-refractivity contribution in [2.45, 2.75) is 25.4 Å². The summed E-state index contributed by atoms with van der Waals surface area (Å²) in [5.74, 6) is 0. The topological polar surface area (TPSA) is 64.3 Å². The van der Waals surface area contributed by atoms with E-state index in [4.69, 9.17) is 10.5 Å². The molecule has 1 unspecified atom stereocenters. The molecule has 0 aromatic heterocycles. The number of amides is 1. The summed E-state index contributed by atoms with van der Waals surface area (Å²) < 4.78 is 5.57. The molecular formula is C17H18N2O2. The number of rotatable bonds is 2. The van der Waals surface area contributed by atoms with Crippen LogP contribution in [0.15, 0.2) is 48.5 Å². The van der Waals surface area contributed by atoms with Gasteiger partial charge in [0.25, 0.3) is 0 Å². The van der Waals surface area contributed by atoms with Crippen LogP contribution < -0.4 is 11.1 Å². The zero-order chi connectivity index (χ0) is 14.7. The van der Waals surface area contributed by atoms with E-state index in [1.54, 1.807) is 24.3 Å². The predicted molar refractivity (Wildman–Crippen MR) is 83.1 cm³/mol. The van der Waals surface area contributed by atoms with Crippen LogP contribution in [0.5, 0.6) is 0 Å². The molecule has 2 aromatic rings. The van der Waals surface area contributed by atoms with E-state index < -0.39 is 6.09 Å². The summed E-state index contributed by atoms with van der Waals surface area (Å²) in [5, 5.41) is 2.72. The van der Waals surface area contributed by atoms with Crippen LogP contribution in [-0.2, 0) is 11.2 Å². The molecule has 1 aliphatic carbocycles. The number of aryl methyl sites for hydroxylation is 1. The Bertz CT molecular complexity index is 655. The molecule has 0 heterocycles. The highest BCUT2D eigenvalue weighted by molar-refractivity contribution is 5.85. The van der Waals surface area contributed by atoms with E-state index in [-0.39, 0.29) is 6.10 Å². The van der Waals surface area contributed by atoms with Gasteiger partial charge in [-0.2, -0.15) is 0 Å². The fourth-order valence-electron chi connectivity index (χ4n) is 2.72. The average Bonchev–Trinajstić information content (AvgIpc) is 2.47. The van der Waals surface area contributed by atoms with Gasteiger partial charge in [-0.15, -0.1) is 0 Å². The third-order valence-corrected chi connectivity index (χ3v) is 3.70. The van der Waals surface area contributed by atoms with E-state index in [2.05, 4.69) is 11.4 Å². The fourth-order valence-corrected chi connectivity index (χ4v) is 2.72. The second-order valence-corrected chi connectivity index (χ2v) is 5.24. The van der Waals surface area contributed by atoms with Crippen molar-refractivity contribution in [2.24, 2.45) is 0 Å². The van der Waals surface area contributed by atoms with E-state index in [0.717, 1.165) is 24.8 Å². The number of benzene rings is 2. The highest BCUT2D eigenvalue weighted by atomic mass is 16.6. The molecule has 108 valence electrons. The first-order valence-electron chi connectivity index (χ1n) is 7.13. The number of hydrogen-bond donors (Lipinski definition) is 2. The van der Waals surface area contributed by atoms with Crippen molar-refractivity contribution in [2.75, 3.05) is 11.1 Å². The van der Waals surface area contributed by atoms with Gasteiger partial charge in [0.05, 0.1) is 0 Å². The first-order chi connectivity index (χ1) is 10.2. The Morgan fingerprint density at radius 1 is 1.19 bits per heavy atom. The summed E-state index contributed by atoms with van der Waals surface area (Å²) >= 11 is 0. The summed E-state index contributed by atoms with van der Waals surface area (Å²) in [6, 6.07) is 15.2. The molecular weight excluding hydrogens is 264 g/mol. The molecule has 3 rings (SSSR count). The molecule has 0 saturated heterocycles. The number of nitrogens with one attached hydrogen (secondary N) is 1. The molecule has 1 atom stereocenters. The normalized spacial score (nSPS) is 16.9. The van der Waals surface area contributed by atoms with Gasteiger partial charge in [-0.25, -0.2) is 4.79 Å². The van der Waals surface area contributed by atoms with Crippen molar-refractivity contribution < 1.29 is 9.53 Å². The summed E-state index contributed by atoms with van der Waals surface area (Å²) in [5.41, 5.74) is 9.33. The zero-order valence-electron chi connectivity index (χ0n) is 11.7. The molecule has 0 bridgehead atoms. The van der Waals surface area contributed by atoms with Crippen molar-refractivity contribution in [3.05, 3.63) is 59.7 Å². The maximum atomic E-state index is 12.0. The van der Waals surface area contributed by atoms with Crippen molar-refractivity contribution >= 4 is 17.5 Å². The van der Waals surface area contributed by atoms with Crippen molar-refractivity contribution in [1.82, 2.24) is 0 Å². The van der Waals surface area contributed by atoms with Crippen molar-refractivity contribution in [1.29, 1.82) is 0 Å². The van der Waals surface area contributed by atoms with Gasteiger partial charge in [-0.05, 0) is 48.6 Å². The number of nitrogens with two attached hydrogens (primary N) is 1. The Morgan fingerprint density at radius 3 is 2.90 bits per heavy atom. The van der Waals surface area contributed by atoms with E-state index in [9.17, 15) is 4.79 Å². The van der Waals surface area contributed by atoms with Gasteiger partial charge in [-0.3, -0.25) is 5.32 Å². The minimum absolute atomic E-state index is 0.170. The number of nitrogen functional groups attached to an aromatic ring is 1. The van der Waals surface area contributed by atoms with Crippen molar-refractivity contribution in [3.8, 4) is 0 Å². The maximum Gasteiger partial charge on any atom is 0.412 e. The molecule has 4 heteroatoms. The van der Waals surface area contributed by atoms with Crippen LogP contribution in [0.4, 0.5) is 16.2 Å². The van der Waals surface area contributed by atoms with E-state index >= 15 is 0 Å². The number of carbonyl (C=O) groups excluding carboxylic acids is 1. The number of fused-ring (bicyclic) bond motifs is 1. The summed E-state index contributed by atoms with van der Waals surface area (Å²) in [7, 11) is 0. The number of anilines is 2. The molecule has 0 fully saturated rings. The van der Waals surface area contributed by atoms with Gasteiger partial charge in [0.2, 0.25) is 0 Å². The van der Waals surface area contributed by atoms with Gasteiger partial charge < -0.3 is 10.5 Å². The third-order valence-electron chi connectivity index (χ3n) is 3.70. The molecule has 0 spiro atoms. The van der Waals surface area contributed by atoms with Gasteiger partial charge >= 0.3 is 6.09 Å². The van der Waals surface area contributed by atoms with Gasteiger partial charge in [0.15, 0.2) is 0 Å². The quantitative estimate of drug-likeness (QED) is 0.821. The molecule has 3 N–H and O–H groups in total. The first-order valence-corrected chi connectivity index (χ1v) is 7.13. The Labute approximate surface area is 123 Å². The molecule has 1 aliphatic rings. The second-order valence-electron chi connectivity index (χ2n) is 5.24. The molecule has 0 radical (unpaired) electrons. The lowest BCUT2D eigenvalue weighted by Crippen LogP contribution is -2.20. The monoisotopic (exact) mass is 282 g/mol. The molecule has 21 heavy (non-hydrogen) atoms. The van der Waals surface area contributed by atoms with Gasteiger partial charge in [0.1, 0.15) is 6.10 Å². The Kier molecular flexibility index (Phi) is 3.77. The minimum Gasteiger partial charge on any atom is -0.441 e. The number of ether oxygens (including phenoxy) is 1. The third kappa shape index (κ3) is 3.16. The predicted octanol–water partition coefficient (Wildman–Crippen LogP) is 3.89. The average molecular weight is 282 g/mol. The first kappa shape index (κ1) is 13.5. The lowest BCUT2D eigenvalue weighted by Gasteiger charge is -2.25. The Balaban J connectivity index is 1.68. The van der Waals surface area contributed by atoms with Crippen LogP contribution in [-0.4, -0.2) is 6.09 Å². The van der Waals surface area contributed by atoms with Gasteiger partial charge in [-0.1, -0.05) is 30.3 Å². The van der Waals surface area contributed by atoms with Crippen LogP contribution in [0.25, 0.3) is 0 Å². The molecule has 2 aromatic carbocycles. The lowest BCUT2D eigenvalue weighted by molar-refractivity contribution is 0.0999. The highest BCUT2D eigenvalue weighted by Gasteiger charge is 2.23. The smallest absolute Gasteiger partial charge is 0.412 e. The molecule has 0 aliphatic heterocycles. The van der Waals surface area contributed by atoms with Gasteiger partial charge in [0, 0.05) is 11.4 Å². The number of hydrogen-bond acceptors (Lipinski definition) is 3. The molecule has 4 nitrogen and oxygen atoms in total. The van der Waals surface area contributed by atoms with Crippen LogP contribution in [0.2, 0.25) is 0 Å². The van der Waals surface area contributed by atoms with Crippen LogP contribution in [0.3, 0.4) is 0 Å². The van der Waals surface area contributed by atoms with Crippen LogP contribution in [0.1, 0.15) is 30.1 Å². The van der Waals surface area contributed by atoms with Crippen LogP contribution in [0, 0.1) is 0 Å². The van der Waals surface area contributed by atoms with E-state index in [0.29, 0.717) is 11.4 Å². The van der Waals surface area contributed by atoms with Crippen molar-refractivity contribution in [3.63, 3.8) is 0 Å². The summed E-state index contributed by atoms with van der Waals surface area (Å²) in [6.45, 7) is 0.